The smallest absolute Gasteiger partial charge is 0.312 e. The van der Waals surface area contributed by atoms with Crippen LogP contribution in [0.5, 0.6) is 0 Å². The predicted octanol–water partition coefficient (Wildman–Crippen LogP) is 3.93. The molecule has 0 saturated carbocycles. The minimum absolute atomic E-state index is 0.226. The zero-order valence-corrected chi connectivity index (χ0v) is 9.95. The van der Waals surface area contributed by atoms with E-state index in [2.05, 4.69) is 4.74 Å². The molecule has 0 bridgehead atoms. The molecule has 0 aliphatic rings. The Labute approximate surface area is 99.7 Å². The van der Waals surface area contributed by atoms with Crippen molar-refractivity contribution in [3.8, 4) is 0 Å². The highest BCUT2D eigenvalue weighted by atomic mass is 32.5. The highest BCUT2D eigenvalue weighted by Crippen LogP contribution is 3.02. The van der Waals surface area contributed by atoms with Crippen LogP contribution >= 0.6 is 10.2 Å². The molecule has 3 nitrogen and oxygen atoms in total. The lowest BCUT2D eigenvalue weighted by Gasteiger charge is -2.41. The maximum Gasteiger partial charge on any atom is 0.312 e. The van der Waals surface area contributed by atoms with Gasteiger partial charge in [-0.2, -0.15) is 0 Å². The van der Waals surface area contributed by atoms with E-state index in [1.54, 1.807) is 5.32 Å². The number of para-hydroxylation sites is 1. The van der Waals surface area contributed by atoms with E-state index >= 15 is 0 Å². The molecule has 18 heavy (non-hydrogen) atoms. The SMILES string of the molecule is COCC(=O)Nc1ccccc1S(F)(F)(F)(F)F. The molecule has 0 heterocycles. The molecule has 1 aromatic carbocycles. The van der Waals surface area contributed by atoms with Crippen molar-refractivity contribution in [3.05, 3.63) is 24.3 Å². The quantitative estimate of drug-likeness (QED) is 0.854. The molecule has 1 amide bonds. The maximum absolute atomic E-state index is 12.7. The number of halogens is 5. The molecule has 1 N–H and O–H groups in total. The fraction of sp³-hybridized carbons (Fsp3) is 0.222. The number of methoxy groups -OCH3 is 1. The number of benzene rings is 1. The van der Waals surface area contributed by atoms with Crippen molar-refractivity contribution in [2.24, 2.45) is 0 Å². The van der Waals surface area contributed by atoms with E-state index in [4.69, 9.17) is 0 Å². The maximum atomic E-state index is 12.7. The highest BCUT2D eigenvalue weighted by molar-refractivity contribution is 8.45. The Hall–Kier alpha value is -1.35. The van der Waals surface area contributed by atoms with Gasteiger partial charge in [0.2, 0.25) is 5.91 Å². The molecule has 9 heteroatoms. The minimum Gasteiger partial charge on any atom is -0.375 e. The molecule has 104 valence electrons. The standard InChI is InChI=1S/C9H10F5NO2S/c1-17-6-9(16)15-7-4-2-3-5-8(7)18(10,11,12,13)14/h2-5H,6H2,1H3,(H,15,16). The number of nitrogens with one attached hydrogen (secondary N) is 1. The predicted molar refractivity (Wildman–Crippen MR) is 58.3 cm³/mol. The van der Waals surface area contributed by atoms with Gasteiger partial charge in [-0.15, -0.1) is 0 Å². The van der Waals surface area contributed by atoms with Crippen molar-refractivity contribution in [2.75, 3.05) is 19.0 Å². The molecule has 0 aliphatic carbocycles. The van der Waals surface area contributed by atoms with Crippen LogP contribution in [0.15, 0.2) is 29.2 Å². The monoisotopic (exact) mass is 291 g/mol. The molecule has 0 saturated heterocycles. The van der Waals surface area contributed by atoms with Gasteiger partial charge < -0.3 is 10.1 Å². The fourth-order valence-corrected chi connectivity index (χ4v) is 2.09. The van der Waals surface area contributed by atoms with Gasteiger partial charge in [0, 0.05) is 7.11 Å². The number of rotatable bonds is 4. The molecule has 0 unspecified atom stereocenters. The average molecular weight is 291 g/mol. The van der Waals surface area contributed by atoms with Gasteiger partial charge in [0.1, 0.15) is 11.5 Å². The van der Waals surface area contributed by atoms with Crippen LogP contribution in [0.2, 0.25) is 0 Å². The summed E-state index contributed by atoms with van der Waals surface area (Å²) >= 11 is 0. The first-order valence-electron chi connectivity index (χ1n) is 4.56. The number of anilines is 1. The van der Waals surface area contributed by atoms with Gasteiger partial charge in [-0.3, -0.25) is 4.79 Å². The van der Waals surface area contributed by atoms with Crippen molar-refractivity contribution in [1.29, 1.82) is 0 Å². The van der Waals surface area contributed by atoms with Crippen molar-refractivity contribution >= 4 is 21.8 Å². The molecule has 0 fully saturated rings. The van der Waals surface area contributed by atoms with Crippen LogP contribution in [0.1, 0.15) is 0 Å². The molecule has 0 spiro atoms. The summed E-state index contributed by atoms with van der Waals surface area (Å²) in [5, 5.41) is 1.73. The van der Waals surface area contributed by atoms with Crippen molar-refractivity contribution in [1.82, 2.24) is 0 Å². The summed E-state index contributed by atoms with van der Waals surface area (Å²) in [5.41, 5.74) is -0.987. The molecule has 1 rings (SSSR count). The third-order valence-corrected chi connectivity index (χ3v) is 3.04. The van der Waals surface area contributed by atoms with Crippen LogP contribution < -0.4 is 5.32 Å². The third kappa shape index (κ3) is 3.84. The second kappa shape index (κ2) is 3.82. The molecule has 0 aromatic heterocycles. The van der Waals surface area contributed by atoms with E-state index in [1.165, 1.54) is 0 Å². The second-order valence-electron chi connectivity index (χ2n) is 3.45. The number of carbonyl (C=O) groups excluding carboxylic acids is 1. The summed E-state index contributed by atoms with van der Waals surface area (Å²) in [7, 11) is -8.68. The van der Waals surface area contributed by atoms with Crippen LogP contribution in [0.4, 0.5) is 25.1 Å². The Balaban J connectivity index is 3.22. The van der Waals surface area contributed by atoms with E-state index in [0.717, 1.165) is 25.3 Å². The lowest BCUT2D eigenvalue weighted by Crippen LogP contribution is -2.19. The van der Waals surface area contributed by atoms with E-state index in [0.29, 0.717) is 0 Å². The van der Waals surface area contributed by atoms with Crippen LogP contribution in [-0.4, -0.2) is 19.6 Å². The van der Waals surface area contributed by atoms with Crippen molar-refractivity contribution < 1.29 is 29.0 Å². The fourth-order valence-electron chi connectivity index (χ4n) is 1.22. The molecular weight excluding hydrogens is 281 g/mol. The first-order valence-corrected chi connectivity index (χ1v) is 6.51. The van der Waals surface area contributed by atoms with Gasteiger partial charge in [-0.05, 0) is 12.1 Å². The average Bonchev–Trinajstić information content (AvgIpc) is 2.14. The molecule has 0 atom stereocenters. The van der Waals surface area contributed by atoms with Crippen LogP contribution in [0, 0.1) is 0 Å². The Morgan fingerprint density at radius 2 is 1.78 bits per heavy atom. The van der Waals surface area contributed by atoms with E-state index in [1.807, 2.05) is 0 Å². The summed E-state index contributed by atoms with van der Waals surface area (Å²) in [6.45, 7) is -0.533. The second-order valence-corrected chi connectivity index (χ2v) is 5.82. The van der Waals surface area contributed by atoms with E-state index in [9.17, 15) is 24.2 Å². The first-order chi connectivity index (χ1) is 7.94. The van der Waals surface area contributed by atoms with Gasteiger partial charge >= 0.3 is 10.2 Å². The van der Waals surface area contributed by atoms with Gasteiger partial charge in [0.25, 0.3) is 0 Å². The van der Waals surface area contributed by atoms with Crippen LogP contribution in [-0.2, 0) is 9.53 Å². The zero-order valence-electron chi connectivity index (χ0n) is 9.13. The normalized spacial score (nSPS) is 15.7. The first kappa shape index (κ1) is 14.7. The number of carbonyl (C=O) groups is 1. The van der Waals surface area contributed by atoms with E-state index in [-0.39, 0.29) is 6.07 Å². The van der Waals surface area contributed by atoms with Gasteiger partial charge in [-0.25, -0.2) is 0 Å². The number of hydrogen-bond acceptors (Lipinski definition) is 2. The zero-order chi connectivity index (χ0) is 14.1. The summed E-state index contributed by atoms with van der Waals surface area (Å²) in [5.74, 6) is -0.952. The number of hydrogen-bond donors (Lipinski definition) is 1. The Bertz CT molecular complexity index is 473. The molecule has 0 aliphatic heterocycles. The summed E-state index contributed by atoms with van der Waals surface area (Å²) < 4.78 is 67.7. The number of amides is 1. The lowest BCUT2D eigenvalue weighted by molar-refractivity contribution is -0.119. The van der Waals surface area contributed by atoms with Crippen molar-refractivity contribution in [2.45, 2.75) is 4.90 Å². The lowest BCUT2D eigenvalue weighted by atomic mass is 10.3. The summed E-state index contributed by atoms with van der Waals surface area (Å²) in [4.78, 5) is 8.94. The Kier molecular flexibility index (Phi) is 3.12. The third-order valence-electron chi connectivity index (χ3n) is 1.85. The minimum atomic E-state index is -9.83. The van der Waals surface area contributed by atoms with E-state index < -0.39 is 33.3 Å². The largest absolute Gasteiger partial charge is 0.375 e. The van der Waals surface area contributed by atoms with Crippen LogP contribution in [0.25, 0.3) is 0 Å². The van der Waals surface area contributed by atoms with Gasteiger partial charge in [0.05, 0.1) is 5.69 Å². The Morgan fingerprint density at radius 3 is 2.28 bits per heavy atom. The molecule has 1 aromatic rings. The van der Waals surface area contributed by atoms with Gasteiger partial charge in [-0.1, -0.05) is 31.6 Å². The van der Waals surface area contributed by atoms with Crippen molar-refractivity contribution in [3.63, 3.8) is 0 Å². The molecule has 0 radical (unpaired) electrons. The topological polar surface area (TPSA) is 38.3 Å². The highest BCUT2D eigenvalue weighted by Gasteiger charge is 2.66. The van der Waals surface area contributed by atoms with Gasteiger partial charge in [0.15, 0.2) is 0 Å². The summed E-state index contributed by atoms with van der Waals surface area (Å²) in [6.07, 6.45) is 0. The Morgan fingerprint density at radius 1 is 1.22 bits per heavy atom. The van der Waals surface area contributed by atoms with Crippen LogP contribution in [0.3, 0.4) is 0 Å². The summed E-state index contributed by atoms with van der Waals surface area (Å²) in [6, 6.07) is 2.90. The number of ether oxygens (including phenoxy) is 1. The molecular formula is C9H10F5NO2S.